The Labute approximate surface area is 142 Å². The van der Waals surface area contributed by atoms with Gasteiger partial charge in [-0.2, -0.15) is 0 Å². The first-order chi connectivity index (χ1) is 8.60. The van der Waals surface area contributed by atoms with Crippen LogP contribution in [0.3, 0.4) is 0 Å². The van der Waals surface area contributed by atoms with Gasteiger partial charge < -0.3 is 20.0 Å². The molecule has 1 aliphatic rings. The summed E-state index contributed by atoms with van der Waals surface area (Å²) in [5, 5.41) is 13.8. The molecular formula is C13H23N2NaO4. The van der Waals surface area contributed by atoms with Crippen LogP contribution in [0.5, 0.6) is 0 Å². The second-order valence-electron chi connectivity index (χ2n) is 6.16. The van der Waals surface area contributed by atoms with Crippen molar-refractivity contribution in [1.29, 1.82) is 0 Å². The van der Waals surface area contributed by atoms with Crippen LogP contribution >= 0.6 is 0 Å². The molecule has 0 saturated carbocycles. The van der Waals surface area contributed by atoms with Crippen molar-refractivity contribution in [2.75, 3.05) is 7.05 Å². The van der Waals surface area contributed by atoms with Gasteiger partial charge in [-0.25, -0.2) is 4.79 Å². The monoisotopic (exact) mass is 294 g/mol. The van der Waals surface area contributed by atoms with Gasteiger partial charge in [0, 0.05) is 12.1 Å². The van der Waals surface area contributed by atoms with E-state index in [-0.39, 0.29) is 41.6 Å². The van der Waals surface area contributed by atoms with Crippen LogP contribution in [0.4, 0.5) is 4.79 Å². The Morgan fingerprint density at radius 1 is 1.30 bits per heavy atom. The molecule has 20 heavy (non-hydrogen) atoms. The maximum Gasteiger partial charge on any atom is 1.00 e. The minimum Gasteiger partial charge on any atom is -0.548 e. The number of hydrogen-bond donors (Lipinski definition) is 1. The number of carbonyl (C=O) groups is 2. The minimum absolute atomic E-state index is 0. The number of aliphatic carboxylic acids is 1. The van der Waals surface area contributed by atoms with Crippen LogP contribution in [0, 0.1) is 0 Å². The predicted octanol–water partition coefficient (Wildman–Crippen LogP) is -2.88. The van der Waals surface area contributed by atoms with Gasteiger partial charge in [0.1, 0.15) is 5.60 Å². The third-order valence-electron chi connectivity index (χ3n) is 3.31. The van der Waals surface area contributed by atoms with E-state index < -0.39 is 23.7 Å². The Morgan fingerprint density at radius 2 is 1.85 bits per heavy atom. The summed E-state index contributed by atoms with van der Waals surface area (Å²) in [6.45, 7) is 7.29. The fourth-order valence-electron chi connectivity index (χ4n) is 2.27. The Morgan fingerprint density at radius 3 is 2.30 bits per heavy atom. The number of alkyl carbamates (subject to hydrolysis) is 1. The third kappa shape index (κ3) is 5.99. The summed E-state index contributed by atoms with van der Waals surface area (Å²) in [6, 6.07) is -0.816. The summed E-state index contributed by atoms with van der Waals surface area (Å²) in [5.41, 5.74) is -0.561. The molecule has 3 atom stereocenters. The van der Waals surface area contributed by atoms with Gasteiger partial charge in [-0.3, -0.25) is 4.90 Å². The maximum atomic E-state index is 11.7. The summed E-state index contributed by atoms with van der Waals surface area (Å²) >= 11 is 0. The molecule has 0 spiro atoms. The van der Waals surface area contributed by atoms with E-state index in [4.69, 9.17) is 4.74 Å². The van der Waals surface area contributed by atoms with Crippen LogP contribution in [0.25, 0.3) is 0 Å². The van der Waals surface area contributed by atoms with E-state index in [1.54, 1.807) is 32.7 Å². The van der Waals surface area contributed by atoms with Crippen molar-refractivity contribution >= 4 is 12.1 Å². The van der Waals surface area contributed by atoms with E-state index in [0.29, 0.717) is 12.8 Å². The van der Waals surface area contributed by atoms with Crippen LogP contribution in [-0.2, 0) is 9.53 Å². The molecule has 1 heterocycles. The number of carboxylic acid groups (broad SMARTS) is 1. The first-order valence-corrected chi connectivity index (χ1v) is 6.52. The smallest absolute Gasteiger partial charge is 0.548 e. The number of rotatable bonds is 2. The number of nitrogens with zero attached hydrogens (tertiary/aromatic N) is 1. The quantitative estimate of drug-likeness (QED) is 0.553. The first kappa shape index (κ1) is 19.7. The number of carboxylic acids is 1. The molecule has 0 bridgehead atoms. The number of likely N-dealkylation sites (tertiary alicyclic amines) is 1. The van der Waals surface area contributed by atoms with Crippen LogP contribution in [0.15, 0.2) is 0 Å². The largest absolute Gasteiger partial charge is 1.00 e. The normalized spacial score (nSPS) is 27.4. The molecule has 1 amide bonds. The number of ether oxygens (including phenoxy) is 1. The predicted molar refractivity (Wildman–Crippen MR) is 68.4 cm³/mol. The molecule has 6 nitrogen and oxygen atoms in total. The summed E-state index contributed by atoms with van der Waals surface area (Å²) in [7, 11) is 1.76. The number of amides is 1. The second kappa shape index (κ2) is 7.64. The van der Waals surface area contributed by atoms with Crippen molar-refractivity contribution in [3.63, 3.8) is 0 Å². The molecule has 0 aliphatic carbocycles. The molecule has 1 saturated heterocycles. The van der Waals surface area contributed by atoms with Gasteiger partial charge in [-0.05, 0) is 47.6 Å². The van der Waals surface area contributed by atoms with Gasteiger partial charge in [0.25, 0.3) is 0 Å². The SMILES string of the molecule is CC1CC(NC(=O)OC(C)(C)C)C[C@@H](C(=O)[O-])N1C.[Na+]. The van der Waals surface area contributed by atoms with Gasteiger partial charge in [0.15, 0.2) is 0 Å². The summed E-state index contributed by atoms with van der Waals surface area (Å²) in [6.07, 6.45) is 0.522. The maximum absolute atomic E-state index is 11.7. The van der Waals surface area contributed by atoms with Gasteiger partial charge >= 0.3 is 35.7 Å². The molecule has 1 rings (SSSR count). The van der Waals surface area contributed by atoms with E-state index in [9.17, 15) is 14.7 Å². The number of likely N-dealkylation sites (N-methyl/N-ethyl adjacent to an activating group) is 1. The number of hydrogen-bond acceptors (Lipinski definition) is 5. The van der Waals surface area contributed by atoms with Crippen LogP contribution in [0.2, 0.25) is 0 Å². The zero-order valence-corrected chi connectivity index (χ0v) is 15.2. The van der Waals surface area contributed by atoms with Crippen molar-refractivity contribution in [2.45, 2.75) is 64.3 Å². The molecule has 0 radical (unpaired) electrons. The van der Waals surface area contributed by atoms with Gasteiger partial charge in [0.05, 0.1) is 12.0 Å². The van der Waals surface area contributed by atoms with Crippen LogP contribution in [-0.4, -0.2) is 47.7 Å². The standard InChI is InChI=1S/C13H24N2O4.Na/c1-8-6-9(7-10(11(16)17)15(8)5)14-12(18)19-13(2,3)4;/h8-10H,6-7H2,1-5H3,(H,14,18)(H,16,17);/q;+1/p-1/t8?,9?,10-;/m0./s1. The summed E-state index contributed by atoms with van der Waals surface area (Å²) in [4.78, 5) is 24.5. The molecule has 1 fully saturated rings. The molecule has 7 heteroatoms. The molecule has 1 N–H and O–H groups in total. The van der Waals surface area contributed by atoms with E-state index in [1.807, 2.05) is 6.92 Å². The van der Waals surface area contributed by atoms with Gasteiger partial charge in [-0.1, -0.05) is 0 Å². The molecule has 0 aromatic rings. The van der Waals surface area contributed by atoms with Crippen molar-refractivity contribution in [3.05, 3.63) is 0 Å². The average molecular weight is 294 g/mol. The van der Waals surface area contributed by atoms with E-state index >= 15 is 0 Å². The van der Waals surface area contributed by atoms with E-state index in [1.165, 1.54) is 0 Å². The number of piperidine rings is 1. The van der Waals surface area contributed by atoms with Crippen LogP contribution in [0.1, 0.15) is 40.5 Å². The summed E-state index contributed by atoms with van der Waals surface area (Å²) < 4.78 is 5.17. The second-order valence-corrected chi connectivity index (χ2v) is 6.16. The fraction of sp³-hybridized carbons (Fsp3) is 0.846. The molecule has 1 aliphatic heterocycles. The fourth-order valence-corrected chi connectivity index (χ4v) is 2.27. The molecule has 110 valence electrons. The molecule has 0 aromatic carbocycles. The topological polar surface area (TPSA) is 81.7 Å². The Bertz CT molecular complexity index is 357. The Balaban J connectivity index is 0.00000361. The van der Waals surface area contributed by atoms with Gasteiger partial charge in [0.2, 0.25) is 0 Å². The third-order valence-corrected chi connectivity index (χ3v) is 3.31. The molecule has 2 unspecified atom stereocenters. The minimum atomic E-state index is -1.11. The van der Waals surface area contributed by atoms with Gasteiger partial charge in [-0.15, -0.1) is 0 Å². The zero-order valence-electron chi connectivity index (χ0n) is 13.2. The number of nitrogens with one attached hydrogen (secondary N) is 1. The Kier molecular flexibility index (Phi) is 7.52. The average Bonchev–Trinajstić information content (AvgIpc) is 2.19. The molecule has 0 aromatic heterocycles. The van der Waals surface area contributed by atoms with Crippen molar-refractivity contribution < 1.29 is 49.0 Å². The van der Waals surface area contributed by atoms with Crippen LogP contribution < -0.4 is 40.0 Å². The van der Waals surface area contributed by atoms with E-state index in [2.05, 4.69) is 5.32 Å². The Hall–Kier alpha value is -0.300. The number of carbonyl (C=O) groups excluding carboxylic acids is 2. The van der Waals surface area contributed by atoms with Crippen molar-refractivity contribution in [1.82, 2.24) is 10.2 Å². The van der Waals surface area contributed by atoms with E-state index in [0.717, 1.165) is 0 Å². The first-order valence-electron chi connectivity index (χ1n) is 6.52. The molecular weight excluding hydrogens is 271 g/mol. The van der Waals surface area contributed by atoms with Crippen molar-refractivity contribution in [3.8, 4) is 0 Å². The van der Waals surface area contributed by atoms with Crippen molar-refractivity contribution in [2.24, 2.45) is 0 Å². The zero-order chi connectivity index (χ0) is 14.8. The summed E-state index contributed by atoms with van der Waals surface area (Å²) in [5.74, 6) is -1.11.